The lowest BCUT2D eigenvalue weighted by Crippen LogP contribution is -2.24. The Labute approximate surface area is 94.8 Å². The zero-order valence-electron chi connectivity index (χ0n) is 9.19. The lowest BCUT2D eigenvalue weighted by atomic mass is 9.96. The van der Waals surface area contributed by atoms with Gasteiger partial charge in [-0.25, -0.2) is 4.98 Å². The third kappa shape index (κ3) is 2.79. The molecule has 0 radical (unpaired) electrons. The van der Waals surface area contributed by atoms with Crippen LogP contribution in [-0.4, -0.2) is 16.9 Å². The Balaban J connectivity index is 1.90. The summed E-state index contributed by atoms with van der Waals surface area (Å²) in [6.07, 6.45) is 4.73. The molecule has 1 aliphatic carbocycles. The molecular formula is C12H16N2O2. The number of carbonyl (C=O) groups excluding carboxylic acids is 1. The second kappa shape index (κ2) is 5.07. The fraction of sp³-hybridized carbons (Fsp3) is 0.500. The monoisotopic (exact) mass is 220 g/mol. The second-order valence-corrected chi connectivity index (χ2v) is 4.06. The molecule has 0 amide bonds. The van der Waals surface area contributed by atoms with Crippen molar-refractivity contribution in [3.05, 3.63) is 23.9 Å². The van der Waals surface area contributed by atoms with Crippen LogP contribution in [0.5, 0.6) is 5.88 Å². The largest absolute Gasteiger partial charge is 0.474 e. The first-order valence-corrected chi connectivity index (χ1v) is 5.61. The van der Waals surface area contributed by atoms with Crippen LogP contribution in [0, 0.1) is 0 Å². The summed E-state index contributed by atoms with van der Waals surface area (Å²) in [7, 11) is 0. The maximum absolute atomic E-state index is 11.1. The SMILES string of the molecule is NCc1ccc(OC2CCC(=O)CC2)nc1. The molecule has 0 aromatic carbocycles. The van der Waals surface area contributed by atoms with E-state index < -0.39 is 0 Å². The summed E-state index contributed by atoms with van der Waals surface area (Å²) in [4.78, 5) is 15.2. The zero-order chi connectivity index (χ0) is 11.4. The molecule has 4 nitrogen and oxygen atoms in total. The molecule has 0 bridgehead atoms. The molecular weight excluding hydrogens is 204 g/mol. The first-order valence-electron chi connectivity index (χ1n) is 5.61. The highest BCUT2D eigenvalue weighted by atomic mass is 16.5. The lowest BCUT2D eigenvalue weighted by Gasteiger charge is -2.21. The van der Waals surface area contributed by atoms with Gasteiger partial charge in [0.15, 0.2) is 0 Å². The van der Waals surface area contributed by atoms with Crippen molar-refractivity contribution in [2.24, 2.45) is 5.73 Å². The average molecular weight is 220 g/mol. The summed E-state index contributed by atoms with van der Waals surface area (Å²) in [6.45, 7) is 0.491. The van der Waals surface area contributed by atoms with Crippen LogP contribution in [-0.2, 0) is 11.3 Å². The molecule has 2 N–H and O–H groups in total. The second-order valence-electron chi connectivity index (χ2n) is 4.06. The average Bonchev–Trinajstić information content (AvgIpc) is 2.33. The maximum atomic E-state index is 11.1. The van der Waals surface area contributed by atoms with Crippen LogP contribution in [0.3, 0.4) is 0 Å². The van der Waals surface area contributed by atoms with Gasteiger partial charge in [0, 0.05) is 31.6 Å². The third-order valence-corrected chi connectivity index (χ3v) is 2.81. The maximum Gasteiger partial charge on any atom is 0.213 e. The van der Waals surface area contributed by atoms with Gasteiger partial charge in [0.1, 0.15) is 11.9 Å². The lowest BCUT2D eigenvalue weighted by molar-refractivity contribution is -0.121. The van der Waals surface area contributed by atoms with E-state index in [2.05, 4.69) is 4.98 Å². The van der Waals surface area contributed by atoms with Gasteiger partial charge in [-0.1, -0.05) is 6.07 Å². The molecule has 1 heterocycles. The van der Waals surface area contributed by atoms with Gasteiger partial charge in [-0.05, 0) is 18.4 Å². The molecule has 2 rings (SSSR count). The van der Waals surface area contributed by atoms with Crippen molar-refractivity contribution in [2.75, 3.05) is 0 Å². The summed E-state index contributed by atoms with van der Waals surface area (Å²) in [5.74, 6) is 0.961. The fourth-order valence-corrected chi connectivity index (χ4v) is 1.80. The predicted octanol–water partition coefficient (Wildman–Crippen LogP) is 1.43. The Kier molecular flexibility index (Phi) is 3.51. The van der Waals surface area contributed by atoms with E-state index in [1.54, 1.807) is 6.20 Å². The van der Waals surface area contributed by atoms with Crippen molar-refractivity contribution in [2.45, 2.75) is 38.3 Å². The van der Waals surface area contributed by atoms with Crippen LogP contribution in [0.15, 0.2) is 18.3 Å². The highest BCUT2D eigenvalue weighted by molar-refractivity contribution is 5.79. The van der Waals surface area contributed by atoms with Crippen molar-refractivity contribution >= 4 is 5.78 Å². The fourth-order valence-electron chi connectivity index (χ4n) is 1.80. The van der Waals surface area contributed by atoms with Crippen LogP contribution in [0.4, 0.5) is 0 Å². The molecule has 0 unspecified atom stereocenters. The summed E-state index contributed by atoms with van der Waals surface area (Å²) in [5.41, 5.74) is 6.47. The van der Waals surface area contributed by atoms with E-state index in [9.17, 15) is 4.79 Å². The van der Waals surface area contributed by atoms with E-state index in [-0.39, 0.29) is 6.10 Å². The van der Waals surface area contributed by atoms with Crippen LogP contribution < -0.4 is 10.5 Å². The van der Waals surface area contributed by atoms with Crippen LogP contribution >= 0.6 is 0 Å². The van der Waals surface area contributed by atoms with Crippen LogP contribution in [0.25, 0.3) is 0 Å². The minimum absolute atomic E-state index is 0.133. The number of Topliss-reactive ketones (excluding diaryl/α,β-unsaturated/α-hetero) is 1. The van der Waals surface area contributed by atoms with Gasteiger partial charge >= 0.3 is 0 Å². The van der Waals surface area contributed by atoms with E-state index in [0.29, 0.717) is 31.0 Å². The number of ether oxygens (including phenoxy) is 1. The minimum Gasteiger partial charge on any atom is -0.474 e. The smallest absolute Gasteiger partial charge is 0.213 e. The van der Waals surface area contributed by atoms with Crippen LogP contribution in [0.2, 0.25) is 0 Å². The number of nitrogens with two attached hydrogens (primary N) is 1. The number of pyridine rings is 1. The molecule has 1 aromatic rings. The first-order chi connectivity index (χ1) is 7.78. The van der Waals surface area contributed by atoms with Crippen molar-refractivity contribution in [1.82, 2.24) is 4.98 Å². The Morgan fingerprint density at radius 1 is 1.38 bits per heavy atom. The van der Waals surface area contributed by atoms with Crippen molar-refractivity contribution in [1.29, 1.82) is 0 Å². The first kappa shape index (κ1) is 11.1. The molecule has 1 fully saturated rings. The Bertz CT molecular complexity index is 352. The number of ketones is 1. The molecule has 1 aliphatic rings. The molecule has 0 aliphatic heterocycles. The summed E-state index contributed by atoms with van der Waals surface area (Å²) in [6, 6.07) is 3.74. The van der Waals surface area contributed by atoms with E-state index in [1.165, 1.54) is 0 Å². The summed E-state index contributed by atoms with van der Waals surface area (Å²) < 4.78 is 5.70. The Hall–Kier alpha value is -1.42. The van der Waals surface area contributed by atoms with Crippen molar-refractivity contribution in [3.63, 3.8) is 0 Å². The van der Waals surface area contributed by atoms with E-state index in [0.717, 1.165) is 18.4 Å². The number of carbonyl (C=O) groups is 1. The number of rotatable bonds is 3. The van der Waals surface area contributed by atoms with Gasteiger partial charge in [0.05, 0.1) is 0 Å². The van der Waals surface area contributed by atoms with Crippen molar-refractivity contribution < 1.29 is 9.53 Å². The van der Waals surface area contributed by atoms with Crippen LogP contribution in [0.1, 0.15) is 31.2 Å². The van der Waals surface area contributed by atoms with E-state index in [4.69, 9.17) is 10.5 Å². The quantitative estimate of drug-likeness (QED) is 0.836. The van der Waals surface area contributed by atoms with E-state index in [1.807, 2.05) is 12.1 Å². The zero-order valence-corrected chi connectivity index (χ0v) is 9.19. The topological polar surface area (TPSA) is 65.2 Å². The standard InChI is InChI=1S/C12H16N2O2/c13-7-9-1-6-12(14-8-9)16-11-4-2-10(15)3-5-11/h1,6,8,11H,2-5,7,13H2. The Morgan fingerprint density at radius 2 is 2.12 bits per heavy atom. The van der Waals surface area contributed by atoms with Gasteiger partial charge < -0.3 is 10.5 Å². The number of hydrogen-bond donors (Lipinski definition) is 1. The molecule has 0 atom stereocenters. The highest BCUT2D eigenvalue weighted by Crippen LogP contribution is 2.20. The molecule has 0 spiro atoms. The van der Waals surface area contributed by atoms with Gasteiger partial charge in [-0.2, -0.15) is 0 Å². The molecule has 16 heavy (non-hydrogen) atoms. The highest BCUT2D eigenvalue weighted by Gasteiger charge is 2.20. The Morgan fingerprint density at radius 3 is 2.69 bits per heavy atom. The summed E-state index contributed by atoms with van der Waals surface area (Å²) >= 11 is 0. The van der Waals surface area contributed by atoms with Gasteiger partial charge in [0.2, 0.25) is 5.88 Å². The molecule has 86 valence electrons. The van der Waals surface area contributed by atoms with Gasteiger partial charge in [-0.3, -0.25) is 4.79 Å². The summed E-state index contributed by atoms with van der Waals surface area (Å²) in [5, 5.41) is 0. The van der Waals surface area contributed by atoms with Gasteiger partial charge in [0.25, 0.3) is 0 Å². The predicted molar refractivity (Wildman–Crippen MR) is 60.0 cm³/mol. The number of hydrogen-bond acceptors (Lipinski definition) is 4. The molecule has 1 saturated carbocycles. The molecule has 4 heteroatoms. The van der Waals surface area contributed by atoms with E-state index >= 15 is 0 Å². The van der Waals surface area contributed by atoms with Gasteiger partial charge in [-0.15, -0.1) is 0 Å². The third-order valence-electron chi connectivity index (χ3n) is 2.81. The van der Waals surface area contributed by atoms with Crippen molar-refractivity contribution in [3.8, 4) is 5.88 Å². The molecule has 0 saturated heterocycles. The minimum atomic E-state index is 0.133. The number of nitrogens with zero attached hydrogens (tertiary/aromatic N) is 1. The normalized spacial score (nSPS) is 17.4. The number of aromatic nitrogens is 1. The molecule has 1 aromatic heterocycles.